The molecule has 26 heavy (non-hydrogen) atoms. The quantitative estimate of drug-likeness (QED) is 0.872. The van der Waals surface area contributed by atoms with Crippen molar-refractivity contribution in [1.29, 1.82) is 0 Å². The summed E-state index contributed by atoms with van der Waals surface area (Å²) in [6.07, 6.45) is 3.06. The van der Waals surface area contributed by atoms with E-state index in [0.717, 1.165) is 0 Å². The molecule has 138 valence electrons. The van der Waals surface area contributed by atoms with E-state index in [1.165, 1.54) is 18.5 Å². The largest absolute Gasteiger partial charge is 0.481 e. The van der Waals surface area contributed by atoms with Crippen LogP contribution in [0, 0.1) is 17.7 Å². The molecule has 3 heterocycles. The number of aromatic amines is 1. The molecule has 1 unspecified atom stereocenters. The van der Waals surface area contributed by atoms with Crippen LogP contribution in [0.25, 0.3) is 11.0 Å². The van der Waals surface area contributed by atoms with Crippen molar-refractivity contribution in [1.82, 2.24) is 14.9 Å². The Kier molecular flexibility index (Phi) is 4.36. The molecule has 8 heteroatoms. The lowest BCUT2D eigenvalue weighted by Gasteiger charge is -2.35. The van der Waals surface area contributed by atoms with Crippen molar-refractivity contribution < 1.29 is 23.8 Å². The van der Waals surface area contributed by atoms with E-state index < -0.39 is 17.7 Å². The standard InChI is InChI=1S/C18H20FN3O4/c19-11-7-13(15-14(8-11)20-9-21-15)17(23)22-4-1-10(2-5-22)16-12(18(24)25)3-6-26-16/h7-10,12,16H,1-6H2,(H,20,21)(H,24,25)/t12?,16-/m0/s1. The number of aromatic nitrogens is 2. The fourth-order valence-corrected chi connectivity index (χ4v) is 4.12. The summed E-state index contributed by atoms with van der Waals surface area (Å²) in [6.45, 7) is 1.47. The Balaban J connectivity index is 1.47. The first kappa shape index (κ1) is 17.0. The van der Waals surface area contributed by atoms with Gasteiger partial charge in [0, 0.05) is 19.7 Å². The zero-order chi connectivity index (χ0) is 18.3. The average Bonchev–Trinajstić information content (AvgIpc) is 3.29. The number of benzene rings is 1. The summed E-state index contributed by atoms with van der Waals surface area (Å²) in [7, 11) is 0. The van der Waals surface area contributed by atoms with Crippen molar-refractivity contribution in [3.63, 3.8) is 0 Å². The number of rotatable bonds is 3. The van der Waals surface area contributed by atoms with Crippen molar-refractivity contribution in [2.24, 2.45) is 11.8 Å². The lowest BCUT2D eigenvalue weighted by molar-refractivity contribution is -0.145. The molecule has 2 aliphatic heterocycles. The molecule has 2 aliphatic rings. The molecule has 0 bridgehead atoms. The SMILES string of the molecule is O=C(O)C1CCO[C@H]1C1CCN(C(=O)c2cc(F)cc3[nH]cnc23)CC1. The number of fused-ring (bicyclic) bond motifs is 1. The summed E-state index contributed by atoms with van der Waals surface area (Å²) in [5.41, 5.74) is 1.20. The van der Waals surface area contributed by atoms with Gasteiger partial charge in [0.05, 0.1) is 29.4 Å². The molecule has 1 aromatic carbocycles. The van der Waals surface area contributed by atoms with Crippen LogP contribution in [-0.2, 0) is 9.53 Å². The maximum Gasteiger partial charge on any atom is 0.309 e. The predicted molar refractivity (Wildman–Crippen MR) is 90.2 cm³/mol. The van der Waals surface area contributed by atoms with Crippen LogP contribution in [0.3, 0.4) is 0 Å². The van der Waals surface area contributed by atoms with E-state index in [2.05, 4.69) is 9.97 Å². The van der Waals surface area contributed by atoms with Crippen molar-refractivity contribution in [2.45, 2.75) is 25.4 Å². The van der Waals surface area contributed by atoms with E-state index in [0.29, 0.717) is 50.0 Å². The van der Waals surface area contributed by atoms with Crippen LogP contribution >= 0.6 is 0 Å². The second-order valence-electron chi connectivity index (χ2n) is 6.95. The van der Waals surface area contributed by atoms with Crippen LogP contribution in [0.4, 0.5) is 4.39 Å². The number of imidazole rings is 1. The number of likely N-dealkylation sites (tertiary alicyclic amines) is 1. The van der Waals surface area contributed by atoms with E-state index in [4.69, 9.17) is 4.74 Å². The van der Waals surface area contributed by atoms with Gasteiger partial charge in [-0.2, -0.15) is 0 Å². The minimum atomic E-state index is -0.813. The molecule has 1 aromatic heterocycles. The molecule has 0 aliphatic carbocycles. The molecule has 7 nitrogen and oxygen atoms in total. The van der Waals surface area contributed by atoms with E-state index >= 15 is 0 Å². The number of carbonyl (C=O) groups is 2. The van der Waals surface area contributed by atoms with Gasteiger partial charge in [0.25, 0.3) is 5.91 Å². The molecule has 2 saturated heterocycles. The third kappa shape index (κ3) is 2.94. The van der Waals surface area contributed by atoms with Crippen LogP contribution in [-0.4, -0.2) is 57.7 Å². The van der Waals surface area contributed by atoms with Gasteiger partial charge < -0.3 is 19.7 Å². The second kappa shape index (κ2) is 6.68. The Morgan fingerprint density at radius 3 is 2.77 bits per heavy atom. The first-order valence-electron chi connectivity index (χ1n) is 8.81. The first-order chi connectivity index (χ1) is 12.5. The maximum absolute atomic E-state index is 13.8. The molecule has 1 amide bonds. The zero-order valence-corrected chi connectivity index (χ0v) is 14.2. The number of carboxylic acids is 1. The summed E-state index contributed by atoms with van der Waals surface area (Å²) in [5.74, 6) is -1.88. The number of piperidine rings is 1. The molecule has 0 spiro atoms. The Morgan fingerprint density at radius 1 is 1.27 bits per heavy atom. The highest BCUT2D eigenvalue weighted by molar-refractivity contribution is 6.04. The summed E-state index contributed by atoms with van der Waals surface area (Å²) >= 11 is 0. The number of halogens is 1. The first-order valence-corrected chi connectivity index (χ1v) is 8.81. The van der Waals surface area contributed by atoms with E-state index in [1.807, 2.05) is 0 Å². The van der Waals surface area contributed by atoms with Crippen LogP contribution in [0.2, 0.25) is 0 Å². The van der Waals surface area contributed by atoms with Gasteiger partial charge in [-0.05, 0) is 37.3 Å². The smallest absolute Gasteiger partial charge is 0.309 e. The summed E-state index contributed by atoms with van der Waals surface area (Å²) in [5, 5.41) is 9.32. The monoisotopic (exact) mass is 361 g/mol. The van der Waals surface area contributed by atoms with Gasteiger partial charge in [0.2, 0.25) is 0 Å². The predicted octanol–water partition coefficient (Wildman–Crippen LogP) is 2.04. The zero-order valence-electron chi connectivity index (χ0n) is 14.2. The number of nitrogens with one attached hydrogen (secondary N) is 1. The molecule has 2 aromatic rings. The van der Waals surface area contributed by atoms with E-state index in [9.17, 15) is 19.1 Å². The van der Waals surface area contributed by atoms with Crippen molar-refractivity contribution >= 4 is 22.9 Å². The molecule has 2 N–H and O–H groups in total. The van der Waals surface area contributed by atoms with Gasteiger partial charge in [0.1, 0.15) is 11.3 Å². The fraction of sp³-hybridized carbons (Fsp3) is 0.500. The number of hydrogen-bond acceptors (Lipinski definition) is 4. The summed E-state index contributed by atoms with van der Waals surface area (Å²) in [4.78, 5) is 32.8. The number of aliphatic carboxylic acids is 1. The van der Waals surface area contributed by atoms with Gasteiger partial charge in [-0.1, -0.05) is 0 Å². The number of H-pyrrole nitrogens is 1. The highest BCUT2D eigenvalue weighted by Crippen LogP contribution is 2.33. The average molecular weight is 361 g/mol. The van der Waals surface area contributed by atoms with Gasteiger partial charge in [-0.25, -0.2) is 9.37 Å². The van der Waals surface area contributed by atoms with Gasteiger partial charge in [-0.3, -0.25) is 9.59 Å². The van der Waals surface area contributed by atoms with Crippen LogP contribution in [0.15, 0.2) is 18.5 Å². The number of hydrogen-bond donors (Lipinski definition) is 2. The molecular formula is C18H20FN3O4. The van der Waals surface area contributed by atoms with Crippen molar-refractivity contribution in [3.8, 4) is 0 Å². The Bertz CT molecular complexity index is 844. The fourth-order valence-electron chi connectivity index (χ4n) is 4.12. The van der Waals surface area contributed by atoms with Crippen LogP contribution < -0.4 is 0 Å². The lowest BCUT2D eigenvalue weighted by Crippen LogP contribution is -2.43. The summed E-state index contributed by atoms with van der Waals surface area (Å²) < 4.78 is 19.5. The molecule has 2 atom stereocenters. The minimum absolute atomic E-state index is 0.126. The third-order valence-corrected chi connectivity index (χ3v) is 5.46. The highest BCUT2D eigenvalue weighted by atomic mass is 19.1. The maximum atomic E-state index is 13.8. The number of carbonyl (C=O) groups excluding carboxylic acids is 1. The van der Waals surface area contributed by atoms with Gasteiger partial charge in [-0.15, -0.1) is 0 Å². The van der Waals surface area contributed by atoms with Crippen molar-refractivity contribution in [2.75, 3.05) is 19.7 Å². The lowest BCUT2D eigenvalue weighted by atomic mass is 9.84. The topological polar surface area (TPSA) is 95.5 Å². The Morgan fingerprint density at radius 2 is 2.04 bits per heavy atom. The molecular weight excluding hydrogens is 341 g/mol. The number of nitrogens with zero attached hydrogens (tertiary/aromatic N) is 2. The highest BCUT2D eigenvalue weighted by Gasteiger charge is 2.41. The second-order valence-corrected chi connectivity index (χ2v) is 6.95. The summed E-state index contributed by atoms with van der Waals surface area (Å²) in [6, 6.07) is 2.53. The number of amides is 1. The van der Waals surface area contributed by atoms with E-state index in [1.54, 1.807) is 4.90 Å². The Hall–Kier alpha value is -2.48. The van der Waals surface area contributed by atoms with Gasteiger partial charge in [0.15, 0.2) is 0 Å². The van der Waals surface area contributed by atoms with Crippen molar-refractivity contribution in [3.05, 3.63) is 29.8 Å². The third-order valence-electron chi connectivity index (χ3n) is 5.46. The van der Waals surface area contributed by atoms with E-state index in [-0.39, 0.29) is 23.5 Å². The minimum Gasteiger partial charge on any atom is -0.481 e. The molecule has 0 radical (unpaired) electrons. The van der Waals surface area contributed by atoms with Crippen LogP contribution in [0.5, 0.6) is 0 Å². The van der Waals surface area contributed by atoms with Crippen LogP contribution in [0.1, 0.15) is 29.6 Å². The normalized spacial score (nSPS) is 24.3. The Labute approximate surface area is 149 Å². The molecule has 4 rings (SSSR count). The molecule has 2 fully saturated rings. The number of carboxylic acid groups (broad SMARTS) is 1. The number of ether oxygens (including phenoxy) is 1. The van der Waals surface area contributed by atoms with Gasteiger partial charge >= 0.3 is 5.97 Å². The molecule has 0 saturated carbocycles.